The summed E-state index contributed by atoms with van der Waals surface area (Å²) in [6.07, 6.45) is 3.76. The van der Waals surface area contributed by atoms with Gasteiger partial charge < -0.3 is 20.6 Å². The van der Waals surface area contributed by atoms with Crippen LogP contribution in [-0.4, -0.2) is 53.6 Å². The molecule has 0 aliphatic carbocycles. The van der Waals surface area contributed by atoms with Crippen molar-refractivity contribution >= 4 is 17.9 Å². The summed E-state index contributed by atoms with van der Waals surface area (Å²) in [5.74, 6) is -1.37. The van der Waals surface area contributed by atoms with Gasteiger partial charge in [0.15, 0.2) is 0 Å². The van der Waals surface area contributed by atoms with E-state index in [-0.39, 0.29) is 18.4 Å². The molecule has 7 heteroatoms. The summed E-state index contributed by atoms with van der Waals surface area (Å²) >= 11 is 0. The number of carbonyl (C=O) groups excluding carboxylic acids is 2. The average Bonchev–Trinajstić information content (AvgIpc) is 2.50. The van der Waals surface area contributed by atoms with E-state index in [9.17, 15) is 14.4 Å². The van der Waals surface area contributed by atoms with Crippen molar-refractivity contribution in [3.05, 3.63) is 0 Å². The Labute approximate surface area is 125 Å². The lowest BCUT2D eigenvalue weighted by Gasteiger charge is -2.27. The minimum Gasteiger partial charge on any atom is -0.480 e. The first-order valence-electron chi connectivity index (χ1n) is 7.50. The summed E-state index contributed by atoms with van der Waals surface area (Å²) in [6, 6.07) is -1.56. The van der Waals surface area contributed by atoms with Crippen LogP contribution in [0, 0.1) is 5.92 Å². The third kappa shape index (κ3) is 5.61. The Kier molecular flexibility index (Phi) is 6.98. The van der Waals surface area contributed by atoms with Crippen LogP contribution in [0.4, 0.5) is 4.79 Å². The monoisotopic (exact) mass is 299 g/mol. The van der Waals surface area contributed by atoms with Gasteiger partial charge in [0.2, 0.25) is 5.91 Å². The van der Waals surface area contributed by atoms with Gasteiger partial charge in [-0.05, 0) is 25.2 Å². The molecule has 7 nitrogen and oxygen atoms in total. The molecule has 3 N–H and O–H groups in total. The standard InChI is InChI=1S/C14H25N3O4/c1-3-10(2)12(13(19)20)16-14(21)15-9-11(18)17-7-5-4-6-8-17/h10,12H,3-9H2,1-2H3,(H,19,20)(H2,15,16,21). The van der Waals surface area contributed by atoms with Crippen LogP contribution in [0.15, 0.2) is 0 Å². The maximum absolute atomic E-state index is 11.9. The fraction of sp³-hybridized carbons (Fsp3) is 0.786. The van der Waals surface area contributed by atoms with Gasteiger partial charge in [-0.1, -0.05) is 20.3 Å². The molecule has 0 aromatic carbocycles. The molecular weight excluding hydrogens is 274 g/mol. The zero-order chi connectivity index (χ0) is 15.8. The topological polar surface area (TPSA) is 98.7 Å². The van der Waals surface area contributed by atoms with Gasteiger partial charge in [-0.2, -0.15) is 0 Å². The minimum atomic E-state index is -1.07. The summed E-state index contributed by atoms with van der Waals surface area (Å²) in [6.45, 7) is 4.98. The SMILES string of the molecule is CCC(C)C(NC(=O)NCC(=O)N1CCCCC1)C(=O)O. The largest absolute Gasteiger partial charge is 0.480 e. The lowest BCUT2D eigenvalue weighted by atomic mass is 9.99. The minimum absolute atomic E-state index is 0.0985. The number of rotatable bonds is 6. The lowest BCUT2D eigenvalue weighted by Crippen LogP contribution is -2.51. The highest BCUT2D eigenvalue weighted by Crippen LogP contribution is 2.09. The van der Waals surface area contributed by atoms with Crippen molar-refractivity contribution in [2.75, 3.05) is 19.6 Å². The van der Waals surface area contributed by atoms with E-state index in [1.807, 2.05) is 6.92 Å². The Hall–Kier alpha value is -1.79. The molecule has 120 valence electrons. The van der Waals surface area contributed by atoms with Crippen LogP contribution in [0.1, 0.15) is 39.5 Å². The smallest absolute Gasteiger partial charge is 0.326 e. The first-order chi connectivity index (χ1) is 9.95. The number of piperidine rings is 1. The predicted octanol–water partition coefficient (Wildman–Crippen LogP) is 0.797. The Balaban J connectivity index is 2.38. The molecule has 1 aliphatic heterocycles. The molecular formula is C14H25N3O4. The molecule has 1 fully saturated rings. The first kappa shape index (κ1) is 17.3. The first-order valence-corrected chi connectivity index (χ1v) is 7.50. The second-order valence-corrected chi connectivity index (χ2v) is 5.47. The van der Waals surface area contributed by atoms with Crippen molar-refractivity contribution in [3.8, 4) is 0 Å². The normalized spacial score (nSPS) is 17.7. The van der Waals surface area contributed by atoms with Crippen LogP contribution in [0.2, 0.25) is 0 Å². The van der Waals surface area contributed by atoms with Crippen molar-refractivity contribution in [1.29, 1.82) is 0 Å². The average molecular weight is 299 g/mol. The molecule has 2 unspecified atom stereocenters. The highest BCUT2D eigenvalue weighted by Gasteiger charge is 2.25. The van der Waals surface area contributed by atoms with Gasteiger partial charge >= 0.3 is 12.0 Å². The predicted molar refractivity (Wildman–Crippen MR) is 77.8 cm³/mol. The summed E-state index contributed by atoms with van der Waals surface area (Å²) in [5, 5.41) is 13.9. The van der Waals surface area contributed by atoms with E-state index >= 15 is 0 Å². The quantitative estimate of drug-likeness (QED) is 0.675. The fourth-order valence-electron chi connectivity index (χ4n) is 2.29. The number of carboxylic acid groups (broad SMARTS) is 1. The second-order valence-electron chi connectivity index (χ2n) is 5.47. The zero-order valence-corrected chi connectivity index (χ0v) is 12.7. The number of carboxylic acids is 1. The number of urea groups is 1. The molecule has 1 rings (SSSR count). The molecule has 3 amide bonds. The van der Waals surface area contributed by atoms with Gasteiger partial charge in [0.1, 0.15) is 6.04 Å². The summed E-state index contributed by atoms with van der Waals surface area (Å²) < 4.78 is 0. The molecule has 1 aliphatic rings. The number of amides is 3. The van der Waals surface area contributed by atoms with Gasteiger partial charge in [-0.15, -0.1) is 0 Å². The van der Waals surface area contributed by atoms with Gasteiger partial charge in [0.05, 0.1) is 6.54 Å². The van der Waals surface area contributed by atoms with Crippen LogP contribution in [0.25, 0.3) is 0 Å². The Bertz CT molecular complexity index is 380. The molecule has 1 heterocycles. The zero-order valence-electron chi connectivity index (χ0n) is 12.7. The van der Waals surface area contributed by atoms with Crippen LogP contribution in [-0.2, 0) is 9.59 Å². The van der Waals surface area contributed by atoms with E-state index in [1.54, 1.807) is 11.8 Å². The van der Waals surface area contributed by atoms with Crippen molar-refractivity contribution in [1.82, 2.24) is 15.5 Å². The van der Waals surface area contributed by atoms with Crippen molar-refractivity contribution in [2.45, 2.75) is 45.6 Å². The number of likely N-dealkylation sites (tertiary alicyclic amines) is 1. The molecule has 2 atom stereocenters. The molecule has 0 aromatic rings. The second kappa shape index (κ2) is 8.49. The number of nitrogens with zero attached hydrogens (tertiary/aromatic N) is 1. The highest BCUT2D eigenvalue weighted by molar-refractivity contribution is 5.86. The number of aliphatic carboxylic acids is 1. The van der Waals surface area contributed by atoms with Crippen molar-refractivity contribution in [3.63, 3.8) is 0 Å². The summed E-state index contributed by atoms with van der Waals surface area (Å²) in [4.78, 5) is 36.4. The van der Waals surface area contributed by atoms with E-state index in [2.05, 4.69) is 10.6 Å². The van der Waals surface area contributed by atoms with Crippen LogP contribution < -0.4 is 10.6 Å². The fourth-order valence-corrected chi connectivity index (χ4v) is 2.29. The molecule has 0 bridgehead atoms. The van der Waals surface area contributed by atoms with Gasteiger partial charge in [-0.25, -0.2) is 9.59 Å². The molecule has 0 saturated carbocycles. The lowest BCUT2D eigenvalue weighted by molar-refractivity contribution is -0.140. The molecule has 0 radical (unpaired) electrons. The Morgan fingerprint density at radius 3 is 2.33 bits per heavy atom. The van der Waals surface area contributed by atoms with E-state index in [0.29, 0.717) is 6.42 Å². The number of carbonyl (C=O) groups is 3. The van der Waals surface area contributed by atoms with Crippen LogP contribution >= 0.6 is 0 Å². The van der Waals surface area contributed by atoms with Crippen molar-refractivity contribution < 1.29 is 19.5 Å². The van der Waals surface area contributed by atoms with Crippen LogP contribution in [0.5, 0.6) is 0 Å². The molecule has 1 saturated heterocycles. The van der Waals surface area contributed by atoms with Gasteiger partial charge in [0, 0.05) is 13.1 Å². The van der Waals surface area contributed by atoms with E-state index in [4.69, 9.17) is 5.11 Å². The Morgan fingerprint density at radius 2 is 1.81 bits per heavy atom. The summed E-state index contributed by atoms with van der Waals surface area (Å²) in [5.41, 5.74) is 0. The highest BCUT2D eigenvalue weighted by atomic mass is 16.4. The number of nitrogens with one attached hydrogen (secondary N) is 2. The molecule has 0 spiro atoms. The summed E-state index contributed by atoms with van der Waals surface area (Å²) in [7, 11) is 0. The van der Waals surface area contributed by atoms with E-state index in [1.165, 1.54) is 0 Å². The number of hydrogen-bond donors (Lipinski definition) is 3. The van der Waals surface area contributed by atoms with E-state index < -0.39 is 18.0 Å². The molecule has 0 aromatic heterocycles. The maximum Gasteiger partial charge on any atom is 0.326 e. The number of hydrogen-bond acceptors (Lipinski definition) is 3. The Morgan fingerprint density at radius 1 is 1.19 bits per heavy atom. The molecule has 21 heavy (non-hydrogen) atoms. The third-order valence-electron chi connectivity index (χ3n) is 3.87. The van der Waals surface area contributed by atoms with Gasteiger partial charge in [-0.3, -0.25) is 4.79 Å². The van der Waals surface area contributed by atoms with Crippen LogP contribution in [0.3, 0.4) is 0 Å². The van der Waals surface area contributed by atoms with Crippen molar-refractivity contribution in [2.24, 2.45) is 5.92 Å². The third-order valence-corrected chi connectivity index (χ3v) is 3.87. The maximum atomic E-state index is 11.9. The van der Waals surface area contributed by atoms with Gasteiger partial charge in [0.25, 0.3) is 0 Å². The van der Waals surface area contributed by atoms with E-state index in [0.717, 1.165) is 32.4 Å².